The van der Waals surface area contributed by atoms with Crippen molar-refractivity contribution < 1.29 is 14.3 Å². The number of nitrogens with one attached hydrogen (secondary N) is 1. The topological polar surface area (TPSA) is 60.5 Å². The highest BCUT2D eigenvalue weighted by molar-refractivity contribution is 14.1. The monoisotopic (exact) mass is 498 g/mol. The van der Waals surface area contributed by atoms with Gasteiger partial charge in [-0.15, -0.1) is 11.8 Å². The van der Waals surface area contributed by atoms with Crippen LogP contribution in [0.5, 0.6) is 5.88 Å². The third kappa shape index (κ3) is 5.99. The van der Waals surface area contributed by atoms with Crippen molar-refractivity contribution in [3.63, 3.8) is 0 Å². The van der Waals surface area contributed by atoms with E-state index in [-0.39, 0.29) is 5.91 Å². The van der Waals surface area contributed by atoms with E-state index in [0.717, 1.165) is 14.5 Å². The molecule has 7 heteroatoms. The van der Waals surface area contributed by atoms with Crippen LogP contribution in [0.15, 0.2) is 30.3 Å². The Morgan fingerprint density at radius 1 is 1.44 bits per heavy atom. The molecule has 1 aromatic heterocycles. The van der Waals surface area contributed by atoms with E-state index < -0.39 is 11.0 Å². The maximum Gasteiger partial charge on any atom is 0.228 e. The molecule has 2 unspecified atom stereocenters. The molecule has 0 saturated carbocycles. The van der Waals surface area contributed by atoms with Crippen LogP contribution in [0.1, 0.15) is 20.3 Å². The van der Waals surface area contributed by atoms with E-state index in [1.54, 1.807) is 7.11 Å². The van der Waals surface area contributed by atoms with E-state index in [9.17, 15) is 4.79 Å². The fourth-order valence-electron chi connectivity index (χ4n) is 2.57. The van der Waals surface area contributed by atoms with Gasteiger partial charge >= 0.3 is 0 Å². The Hall–Kier alpha value is -1.50. The molecule has 0 bridgehead atoms. The van der Waals surface area contributed by atoms with Gasteiger partial charge in [-0.25, -0.2) is 4.98 Å². The molecule has 0 aliphatic rings. The van der Waals surface area contributed by atoms with Gasteiger partial charge in [-0.1, -0.05) is 30.0 Å². The van der Waals surface area contributed by atoms with Crippen LogP contribution in [0.25, 0.3) is 10.9 Å². The van der Waals surface area contributed by atoms with Crippen LogP contribution in [0.4, 0.5) is 0 Å². The number of benzene rings is 1. The van der Waals surface area contributed by atoms with Gasteiger partial charge in [-0.3, -0.25) is 4.79 Å². The van der Waals surface area contributed by atoms with Crippen molar-refractivity contribution in [2.24, 2.45) is 0 Å². The largest absolute Gasteiger partial charge is 0.459 e. The number of ether oxygens (including phenoxy) is 2. The van der Waals surface area contributed by atoms with Crippen molar-refractivity contribution in [1.29, 1.82) is 0 Å². The number of pyridine rings is 1. The molecular weight excluding hydrogens is 475 g/mol. The van der Waals surface area contributed by atoms with Gasteiger partial charge in [0, 0.05) is 25.8 Å². The first-order chi connectivity index (χ1) is 12.9. The first kappa shape index (κ1) is 21.8. The second-order valence-corrected chi connectivity index (χ2v) is 8.14. The van der Waals surface area contributed by atoms with Gasteiger partial charge in [-0.05, 0) is 47.9 Å². The molecule has 27 heavy (non-hydrogen) atoms. The highest BCUT2D eigenvalue weighted by Gasteiger charge is 2.36. The van der Waals surface area contributed by atoms with Crippen molar-refractivity contribution >= 4 is 51.2 Å². The lowest BCUT2D eigenvalue weighted by Crippen LogP contribution is -2.54. The van der Waals surface area contributed by atoms with Crippen LogP contribution in [0.2, 0.25) is 0 Å². The van der Waals surface area contributed by atoms with Crippen molar-refractivity contribution in [2.75, 3.05) is 20.0 Å². The van der Waals surface area contributed by atoms with Crippen LogP contribution >= 0.6 is 34.4 Å². The molecule has 1 heterocycles. The Balaban J connectivity index is 2.34. The van der Waals surface area contributed by atoms with Gasteiger partial charge in [0.15, 0.2) is 5.44 Å². The van der Waals surface area contributed by atoms with Gasteiger partial charge in [0.25, 0.3) is 0 Å². The number of carbonyl (C=O) groups is 1. The zero-order valence-electron chi connectivity index (χ0n) is 15.8. The highest BCUT2D eigenvalue weighted by atomic mass is 127. The average molecular weight is 498 g/mol. The summed E-state index contributed by atoms with van der Waals surface area (Å²) < 4.78 is 12.2. The summed E-state index contributed by atoms with van der Waals surface area (Å²) in [5, 5.41) is 3.99. The number of fused-ring (bicyclic) bond motifs is 1. The van der Waals surface area contributed by atoms with Gasteiger partial charge in [-0.2, -0.15) is 0 Å². The van der Waals surface area contributed by atoms with Gasteiger partial charge in [0.1, 0.15) is 5.54 Å². The molecule has 2 aromatic rings. The number of amides is 1. The normalized spacial score (nSPS) is 14.0. The fraction of sp³-hybridized carbons (Fsp3) is 0.400. The first-order valence-corrected chi connectivity index (χ1v) is 10.8. The lowest BCUT2D eigenvalue weighted by molar-refractivity contribution is -0.120. The summed E-state index contributed by atoms with van der Waals surface area (Å²) in [6.45, 7) is 3.88. The molecule has 2 rings (SSSR count). The SMILES string of the molecule is COCCC#CC(C)(NC(C)=O)C(Oc1nc2ccccc2cc1I)SC. The molecule has 0 fully saturated rings. The number of halogens is 1. The molecule has 1 aromatic carbocycles. The van der Waals surface area contributed by atoms with Crippen molar-refractivity contribution in [2.45, 2.75) is 31.2 Å². The summed E-state index contributed by atoms with van der Waals surface area (Å²) in [5.41, 5.74) is -0.436. The molecule has 1 N–H and O–H groups in total. The van der Waals surface area contributed by atoms with Crippen LogP contribution < -0.4 is 10.1 Å². The zero-order valence-corrected chi connectivity index (χ0v) is 18.8. The maximum absolute atomic E-state index is 11.8. The van der Waals surface area contributed by atoms with E-state index in [1.165, 1.54) is 18.7 Å². The van der Waals surface area contributed by atoms with Gasteiger partial charge in [0.05, 0.1) is 15.7 Å². The van der Waals surface area contributed by atoms with E-state index in [1.807, 2.05) is 43.5 Å². The second kappa shape index (κ2) is 10.2. The number of hydrogen-bond donors (Lipinski definition) is 1. The Morgan fingerprint density at radius 3 is 2.85 bits per heavy atom. The molecule has 0 aliphatic carbocycles. The summed E-state index contributed by atoms with van der Waals surface area (Å²) in [4.78, 5) is 16.4. The summed E-state index contributed by atoms with van der Waals surface area (Å²) >= 11 is 3.69. The zero-order chi connectivity index (χ0) is 19.9. The molecule has 0 radical (unpaired) electrons. The first-order valence-electron chi connectivity index (χ1n) is 8.42. The van der Waals surface area contributed by atoms with Gasteiger partial charge in [0.2, 0.25) is 11.8 Å². The number of carbonyl (C=O) groups excluding carboxylic acids is 1. The van der Waals surface area contributed by atoms with E-state index in [2.05, 4.69) is 44.7 Å². The third-order valence-electron chi connectivity index (χ3n) is 3.76. The van der Waals surface area contributed by atoms with Crippen LogP contribution in [-0.4, -0.2) is 41.8 Å². The number of para-hydroxylation sites is 1. The maximum atomic E-state index is 11.8. The Bertz CT molecular complexity index is 865. The molecular formula is C20H23IN2O3S. The Morgan fingerprint density at radius 2 is 2.19 bits per heavy atom. The third-order valence-corrected chi connectivity index (χ3v) is 5.53. The lowest BCUT2D eigenvalue weighted by atomic mass is 10.0. The molecule has 5 nitrogen and oxygen atoms in total. The van der Waals surface area contributed by atoms with Crippen LogP contribution in [0.3, 0.4) is 0 Å². The number of rotatable bonds is 7. The van der Waals surface area contributed by atoms with Crippen molar-refractivity contribution in [3.8, 4) is 17.7 Å². The summed E-state index contributed by atoms with van der Waals surface area (Å²) in [7, 11) is 1.63. The molecule has 0 aliphatic heterocycles. The molecule has 0 spiro atoms. The predicted octanol–water partition coefficient (Wildman–Crippen LogP) is 3.84. The standard InChI is InChI=1S/C20H23IN2O3S/c1-14(24)23-20(2,11-7-8-12-25-3)19(27-4)26-18-16(21)13-15-9-5-6-10-17(15)22-18/h5-6,9-10,13,19H,8,12H2,1-4H3,(H,23,24). The second-order valence-electron chi connectivity index (χ2n) is 6.08. The Labute approximate surface area is 178 Å². The average Bonchev–Trinajstić information content (AvgIpc) is 2.62. The van der Waals surface area contributed by atoms with E-state index in [4.69, 9.17) is 9.47 Å². The van der Waals surface area contributed by atoms with E-state index in [0.29, 0.717) is 18.9 Å². The van der Waals surface area contributed by atoms with Crippen molar-refractivity contribution in [3.05, 3.63) is 33.9 Å². The minimum Gasteiger partial charge on any atom is -0.459 e. The molecule has 144 valence electrons. The number of thioether (sulfide) groups is 1. The summed E-state index contributed by atoms with van der Waals surface area (Å²) in [6, 6.07) is 9.93. The quantitative estimate of drug-likeness (QED) is 0.272. The summed E-state index contributed by atoms with van der Waals surface area (Å²) in [6.07, 6.45) is 2.51. The number of methoxy groups -OCH3 is 1. The minimum atomic E-state index is -0.866. The van der Waals surface area contributed by atoms with E-state index >= 15 is 0 Å². The minimum absolute atomic E-state index is 0.164. The fourth-order valence-corrected chi connectivity index (χ4v) is 3.93. The lowest BCUT2D eigenvalue weighted by Gasteiger charge is -2.32. The van der Waals surface area contributed by atoms with Gasteiger partial charge < -0.3 is 14.8 Å². The molecule has 2 atom stereocenters. The number of aromatic nitrogens is 1. The number of hydrogen-bond acceptors (Lipinski definition) is 5. The van der Waals surface area contributed by atoms with Crippen LogP contribution in [0, 0.1) is 15.4 Å². The Kier molecular flexibility index (Phi) is 8.20. The van der Waals surface area contributed by atoms with Crippen molar-refractivity contribution in [1.82, 2.24) is 10.3 Å². The predicted molar refractivity (Wildman–Crippen MR) is 119 cm³/mol. The molecule has 0 saturated heterocycles. The number of nitrogens with zero attached hydrogens (tertiary/aromatic N) is 1. The summed E-state index contributed by atoms with van der Waals surface area (Å²) in [5.74, 6) is 6.59. The smallest absolute Gasteiger partial charge is 0.228 e. The highest BCUT2D eigenvalue weighted by Crippen LogP contribution is 2.29. The molecule has 1 amide bonds. The van der Waals surface area contributed by atoms with Crippen LogP contribution in [-0.2, 0) is 9.53 Å².